The molecule has 262 valence electrons. The molecule has 0 aliphatic carbocycles. The Balaban J connectivity index is -0.000000328. The van der Waals surface area contributed by atoms with Gasteiger partial charge in [0.2, 0.25) is 0 Å². The SMILES string of the molecule is C.CC.CC1C(=O)[C@H](C)CC(O)CC[C@H](O)C(C)C(=O)OC[C@@](C)(O)C1O.CC1CCOC(C)C1O.CCCNC.CO. The second-order valence-electron chi connectivity index (χ2n) is 11.3. The van der Waals surface area contributed by atoms with E-state index in [9.17, 15) is 35.1 Å². The standard InChI is InChI=1S/C17H30O7.C7H14O2.C4H11N.C2H6.CH4O.CH4/c1-9-7-12(18)5-6-13(19)10(2)16(22)24-8-17(4,23)15(21)11(3)14(9)20;1-5-3-4-9-6(2)7(5)8;1-3-4-5-2;2*1-2;/h9-13,15,18-19,21,23H,5-8H2,1-4H3;5-8H,3-4H2,1-2H3;5H,3-4H2,1-2H3;1-2H3;2H,1H3;1H4/t9-,10?,11?,12?,13+,15?,17-;;;;;/m1...../s1. The van der Waals surface area contributed by atoms with Crippen molar-refractivity contribution in [3.05, 3.63) is 0 Å². The zero-order valence-electron chi connectivity index (χ0n) is 28.2. The van der Waals surface area contributed by atoms with Gasteiger partial charge in [-0.25, -0.2) is 0 Å². The molecule has 0 saturated carbocycles. The molecule has 10 atom stereocenters. The zero-order valence-corrected chi connectivity index (χ0v) is 28.2. The minimum absolute atomic E-state index is 0. The Bertz CT molecular complexity index is 667. The fourth-order valence-corrected chi connectivity index (χ4v) is 4.41. The van der Waals surface area contributed by atoms with Crippen molar-refractivity contribution in [2.75, 3.05) is 33.9 Å². The van der Waals surface area contributed by atoms with Crippen molar-refractivity contribution in [1.29, 1.82) is 0 Å². The molecule has 0 aromatic carbocycles. The van der Waals surface area contributed by atoms with Crippen LogP contribution in [0.2, 0.25) is 0 Å². The van der Waals surface area contributed by atoms with Gasteiger partial charge in [0.15, 0.2) is 0 Å². The Labute approximate surface area is 262 Å². The number of cyclic esters (lactones) is 1. The van der Waals surface area contributed by atoms with Gasteiger partial charge in [-0.2, -0.15) is 0 Å². The number of hydrogen-bond acceptors (Lipinski definition) is 11. The molecule has 0 radical (unpaired) electrons. The summed E-state index contributed by atoms with van der Waals surface area (Å²) in [5, 5.41) is 60.1. The quantitative estimate of drug-likeness (QED) is 0.223. The number of aliphatic hydroxyl groups is 6. The highest BCUT2D eigenvalue weighted by atomic mass is 16.5. The Morgan fingerprint density at radius 1 is 0.930 bits per heavy atom. The maximum Gasteiger partial charge on any atom is 0.311 e. The molecule has 2 fully saturated rings. The number of rotatable bonds is 2. The van der Waals surface area contributed by atoms with Crippen LogP contribution in [0.3, 0.4) is 0 Å². The molecule has 2 saturated heterocycles. The van der Waals surface area contributed by atoms with Gasteiger partial charge in [0.25, 0.3) is 0 Å². The van der Waals surface area contributed by atoms with Crippen LogP contribution >= 0.6 is 0 Å². The van der Waals surface area contributed by atoms with E-state index >= 15 is 0 Å². The largest absolute Gasteiger partial charge is 0.462 e. The molecule has 11 nitrogen and oxygen atoms in total. The van der Waals surface area contributed by atoms with Crippen molar-refractivity contribution >= 4 is 11.8 Å². The van der Waals surface area contributed by atoms with Crippen molar-refractivity contribution in [1.82, 2.24) is 5.32 Å². The second kappa shape index (κ2) is 27.2. The number of aliphatic hydroxyl groups excluding tert-OH is 5. The van der Waals surface area contributed by atoms with Gasteiger partial charge in [-0.15, -0.1) is 0 Å². The summed E-state index contributed by atoms with van der Waals surface area (Å²) in [4.78, 5) is 24.4. The molecule has 7 N–H and O–H groups in total. The lowest BCUT2D eigenvalue weighted by Gasteiger charge is -2.34. The first-order valence-electron chi connectivity index (χ1n) is 15.5. The number of ether oxygens (including phenoxy) is 2. The lowest BCUT2D eigenvalue weighted by atomic mass is 9.81. The van der Waals surface area contributed by atoms with Crippen molar-refractivity contribution in [2.45, 2.75) is 138 Å². The third-order valence-corrected chi connectivity index (χ3v) is 7.44. The molecule has 11 heteroatoms. The fraction of sp³-hybridized carbons (Fsp3) is 0.938. The first-order valence-corrected chi connectivity index (χ1v) is 15.5. The van der Waals surface area contributed by atoms with Crippen LogP contribution < -0.4 is 5.32 Å². The van der Waals surface area contributed by atoms with Crippen LogP contribution in [0.5, 0.6) is 0 Å². The van der Waals surface area contributed by atoms with Crippen LogP contribution in [0.4, 0.5) is 0 Å². The molecular formula is C32H69NO10. The Hall–Kier alpha value is -1.18. The highest BCUT2D eigenvalue weighted by Crippen LogP contribution is 2.26. The van der Waals surface area contributed by atoms with E-state index in [0.717, 1.165) is 26.7 Å². The predicted octanol–water partition coefficient (Wildman–Crippen LogP) is 2.70. The Morgan fingerprint density at radius 3 is 1.88 bits per heavy atom. The monoisotopic (exact) mass is 627 g/mol. The second-order valence-corrected chi connectivity index (χ2v) is 11.3. The van der Waals surface area contributed by atoms with Gasteiger partial charge in [0.1, 0.15) is 18.0 Å². The number of esters is 1. The summed E-state index contributed by atoms with van der Waals surface area (Å²) >= 11 is 0. The van der Waals surface area contributed by atoms with Gasteiger partial charge in [-0.3, -0.25) is 9.59 Å². The third-order valence-electron chi connectivity index (χ3n) is 7.44. The maximum absolute atomic E-state index is 12.4. The molecule has 2 aliphatic rings. The zero-order chi connectivity index (χ0) is 33.6. The normalized spacial score (nSPS) is 35.1. The van der Waals surface area contributed by atoms with E-state index in [2.05, 4.69) is 19.2 Å². The van der Waals surface area contributed by atoms with Crippen molar-refractivity contribution in [3.63, 3.8) is 0 Å². The molecule has 0 aromatic rings. The highest BCUT2D eigenvalue weighted by Gasteiger charge is 2.41. The van der Waals surface area contributed by atoms with E-state index in [1.807, 2.05) is 27.8 Å². The van der Waals surface area contributed by atoms with Crippen LogP contribution in [-0.2, 0) is 19.1 Å². The Kier molecular flexibility index (Phi) is 30.8. The highest BCUT2D eigenvalue weighted by molar-refractivity contribution is 5.83. The number of ketones is 1. The lowest BCUT2D eigenvalue weighted by molar-refractivity contribution is -0.170. The minimum atomic E-state index is -1.79. The predicted molar refractivity (Wildman–Crippen MR) is 172 cm³/mol. The van der Waals surface area contributed by atoms with E-state index in [4.69, 9.17) is 14.6 Å². The van der Waals surface area contributed by atoms with Gasteiger partial charge >= 0.3 is 5.97 Å². The van der Waals surface area contributed by atoms with Gasteiger partial charge in [0.05, 0.1) is 36.4 Å². The summed E-state index contributed by atoms with van der Waals surface area (Å²) in [6.45, 7) is 17.6. The van der Waals surface area contributed by atoms with E-state index in [0.29, 0.717) is 5.92 Å². The van der Waals surface area contributed by atoms with Crippen LogP contribution in [0.15, 0.2) is 0 Å². The third kappa shape index (κ3) is 19.7. The number of carbonyl (C=O) groups excluding carboxylic acids is 2. The van der Waals surface area contributed by atoms with Crippen molar-refractivity contribution in [3.8, 4) is 0 Å². The summed E-state index contributed by atoms with van der Waals surface area (Å²) < 4.78 is 10.2. The molecule has 43 heavy (non-hydrogen) atoms. The topological polar surface area (TPSA) is 186 Å². The van der Waals surface area contributed by atoms with E-state index in [-0.39, 0.29) is 44.7 Å². The van der Waals surface area contributed by atoms with E-state index < -0.39 is 54.2 Å². The fourth-order valence-electron chi connectivity index (χ4n) is 4.41. The van der Waals surface area contributed by atoms with Crippen LogP contribution in [-0.4, -0.2) is 112 Å². The molecular weight excluding hydrogens is 558 g/mol. The molecule has 2 heterocycles. The minimum Gasteiger partial charge on any atom is -0.462 e. The summed E-state index contributed by atoms with van der Waals surface area (Å²) in [6.07, 6.45) is -0.540. The first-order chi connectivity index (χ1) is 19.6. The molecule has 0 spiro atoms. The molecule has 2 aliphatic heterocycles. The van der Waals surface area contributed by atoms with E-state index in [1.165, 1.54) is 27.2 Å². The summed E-state index contributed by atoms with van der Waals surface area (Å²) in [5.74, 6) is -2.75. The molecule has 0 bridgehead atoms. The lowest BCUT2D eigenvalue weighted by Crippen LogP contribution is -2.50. The number of Topliss-reactive ketones (excluding diaryl/α,β-unsaturated/α-hetero) is 1. The smallest absolute Gasteiger partial charge is 0.311 e. The van der Waals surface area contributed by atoms with Gasteiger partial charge in [0, 0.05) is 25.6 Å². The summed E-state index contributed by atoms with van der Waals surface area (Å²) in [7, 11) is 2.96. The van der Waals surface area contributed by atoms with Crippen LogP contribution in [0, 0.1) is 23.7 Å². The van der Waals surface area contributed by atoms with Crippen LogP contribution in [0.25, 0.3) is 0 Å². The molecule has 2 rings (SSSR count). The molecule has 7 unspecified atom stereocenters. The van der Waals surface area contributed by atoms with Gasteiger partial charge < -0.3 is 45.4 Å². The number of carbonyl (C=O) groups is 2. The Morgan fingerprint density at radius 2 is 1.47 bits per heavy atom. The summed E-state index contributed by atoms with van der Waals surface area (Å²) in [5.41, 5.74) is -1.79. The number of nitrogens with one attached hydrogen (secondary N) is 1. The van der Waals surface area contributed by atoms with Gasteiger partial charge in [-0.1, -0.05) is 49.0 Å². The average molecular weight is 628 g/mol. The van der Waals surface area contributed by atoms with Crippen LogP contribution in [0.1, 0.15) is 102 Å². The van der Waals surface area contributed by atoms with Crippen molar-refractivity contribution in [2.24, 2.45) is 23.7 Å². The maximum atomic E-state index is 12.4. The first kappa shape index (κ1) is 48.7. The van der Waals surface area contributed by atoms with E-state index in [1.54, 1.807) is 6.92 Å². The summed E-state index contributed by atoms with van der Waals surface area (Å²) in [6, 6.07) is 0. The van der Waals surface area contributed by atoms with Crippen molar-refractivity contribution < 1.29 is 49.7 Å². The number of hydrogen-bond donors (Lipinski definition) is 7. The average Bonchev–Trinajstić information content (AvgIpc) is 2.98. The molecule has 0 aromatic heterocycles. The molecule has 0 amide bonds. The van der Waals surface area contributed by atoms with Gasteiger partial charge in [-0.05, 0) is 72.4 Å².